The molecule has 9 heteroatoms. The molecule has 2 N–H and O–H groups in total. The predicted molar refractivity (Wildman–Crippen MR) is 127 cm³/mol. The van der Waals surface area contributed by atoms with Crippen molar-refractivity contribution < 1.29 is 13.6 Å². The van der Waals surface area contributed by atoms with Crippen LogP contribution < -0.4 is 10.6 Å². The number of rotatable bonds is 5. The van der Waals surface area contributed by atoms with E-state index in [0.717, 1.165) is 22.5 Å². The molecule has 7 nitrogen and oxygen atoms in total. The van der Waals surface area contributed by atoms with E-state index in [1.165, 1.54) is 25.0 Å². The lowest BCUT2D eigenvalue weighted by Gasteiger charge is -2.26. The molecular formula is C26H22F2N6O. The molecule has 2 aromatic heterocycles. The molecule has 0 bridgehead atoms. The summed E-state index contributed by atoms with van der Waals surface area (Å²) < 4.78 is 30.8. The van der Waals surface area contributed by atoms with E-state index in [1.54, 1.807) is 12.3 Å². The molecule has 0 atom stereocenters. The molecule has 3 heterocycles. The van der Waals surface area contributed by atoms with Gasteiger partial charge in [0.1, 0.15) is 5.82 Å². The zero-order valence-electron chi connectivity index (χ0n) is 18.9. The molecule has 0 radical (unpaired) electrons. The van der Waals surface area contributed by atoms with Gasteiger partial charge in [-0.1, -0.05) is 0 Å². The number of anilines is 2. The molecule has 6 rings (SSSR count). The van der Waals surface area contributed by atoms with E-state index in [2.05, 4.69) is 31.8 Å². The molecule has 176 valence electrons. The first-order valence-corrected chi connectivity index (χ1v) is 11.4. The van der Waals surface area contributed by atoms with Crippen LogP contribution in [0.5, 0.6) is 0 Å². The van der Waals surface area contributed by atoms with Crippen LogP contribution in [-0.4, -0.2) is 32.0 Å². The minimum absolute atomic E-state index is 0.0193. The van der Waals surface area contributed by atoms with E-state index < -0.39 is 18.4 Å². The summed E-state index contributed by atoms with van der Waals surface area (Å²) in [6, 6.07) is 12.2. The van der Waals surface area contributed by atoms with Crippen LogP contribution in [0.3, 0.4) is 0 Å². The Morgan fingerprint density at radius 3 is 2.69 bits per heavy atom. The van der Waals surface area contributed by atoms with E-state index in [1.807, 2.05) is 42.1 Å². The van der Waals surface area contributed by atoms with Gasteiger partial charge >= 0.3 is 0 Å². The van der Waals surface area contributed by atoms with Crippen LogP contribution in [0.1, 0.15) is 45.9 Å². The molecule has 1 amide bonds. The number of hydrogen-bond donors (Lipinski definition) is 2. The number of hydrogen-bond acceptors (Lipinski definition) is 5. The molecule has 0 saturated heterocycles. The Labute approximate surface area is 200 Å². The second-order valence-corrected chi connectivity index (χ2v) is 9.02. The Bertz CT molecular complexity index is 1440. The molecule has 1 saturated carbocycles. The summed E-state index contributed by atoms with van der Waals surface area (Å²) in [5, 5.41) is 5.33. The number of imidazole rings is 1. The lowest BCUT2D eigenvalue weighted by molar-refractivity contribution is -0.00832. The van der Waals surface area contributed by atoms with E-state index in [-0.39, 0.29) is 11.1 Å². The van der Waals surface area contributed by atoms with Crippen LogP contribution in [0, 0.1) is 6.92 Å². The number of carbonyl (C=O) groups excluding carboxylic acids is 1. The van der Waals surface area contributed by atoms with Gasteiger partial charge in [0, 0.05) is 51.9 Å². The topological polar surface area (TPSA) is 84.7 Å². The average molecular weight is 472 g/mol. The Hall–Kier alpha value is -4.14. The maximum atomic E-state index is 14.4. The monoisotopic (exact) mass is 472 g/mol. The number of amides is 1. The van der Waals surface area contributed by atoms with Gasteiger partial charge in [0.25, 0.3) is 11.8 Å². The number of benzene rings is 2. The highest BCUT2D eigenvalue weighted by Gasteiger charge is 2.40. The molecule has 4 aromatic rings. The van der Waals surface area contributed by atoms with Crippen molar-refractivity contribution in [3.63, 3.8) is 0 Å². The van der Waals surface area contributed by atoms with Crippen LogP contribution >= 0.6 is 0 Å². The van der Waals surface area contributed by atoms with Crippen molar-refractivity contribution in [3.05, 3.63) is 83.6 Å². The maximum absolute atomic E-state index is 14.4. The summed E-state index contributed by atoms with van der Waals surface area (Å²) >= 11 is 0. The number of aryl methyl sites for hydroxylation is 1. The number of alkyl halides is 2. The van der Waals surface area contributed by atoms with E-state index in [4.69, 9.17) is 0 Å². The van der Waals surface area contributed by atoms with Crippen LogP contribution in [-0.2, 0) is 5.92 Å². The Kier molecular flexibility index (Phi) is 4.87. The van der Waals surface area contributed by atoms with Crippen LogP contribution in [0.4, 0.5) is 20.3 Å². The van der Waals surface area contributed by atoms with Crippen molar-refractivity contribution in [2.24, 2.45) is 0 Å². The highest BCUT2D eigenvalue weighted by atomic mass is 19.3. The molecule has 1 aliphatic carbocycles. The largest absolute Gasteiger partial charge is 0.346 e. The first-order valence-electron chi connectivity index (χ1n) is 11.4. The molecule has 0 spiro atoms. The van der Waals surface area contributed by atoms with Crippen LogP contribution in [0.25, 0.3) is 17.1 Å². The van der Waals surface area contributed by atoms with Gasteiger partial charge in [-0.05, 0) is 62.2 Å². The number of carbonyl (C=O) groups is 1. The summed E-state index contributed by atoms with van der Waals surface area (Å²) in [6.07, 6.45) is 8.01. The van der Waals surface area contributed by atoms with Crippen molar-refractivity contribution >= 4 is 17.4 Å². The van der Waals surface area contributed by atoms with Crippen molar-refractivity contribution in [3.8, 4) is 17.1 Å². The highest BCUT2D eigenvalue weighted by Crippen LogP contribution is 2.39. The fraction of sp³-hybridized carbons (Fsp3) is 0.231. The van der Waals surface area contributed by atoms with Gasteiger partial charge in [0.2, 0.25) is 0 Å². The minimum atomic E-state index is -3.14. The van der Waals surface area contributed by atoms with Crippen LogP contribution in [0.15, 0.2) is 61.2 Å². The maximum Gasteiger partial charge on any atom is 0.291 e. The third-order valence-corrected chi connectivity index (χ3v) is 6.39. The number of fused-ring (bicyclic) bond motifs is 1. The van der Waals surface area contributed by atoms with E-state index in [9.17, 15) is 13.6 Å². The van der Waals surface area contributed by atoms with Gasteiger partial charge in [-0.25, -0.2) is 15.0 Å². The minimum Gasteiger partial charge on any atom is -0.346 e. The third kappa shape index (κ3) is 4.03. The normalized spacial score (nSPS) is 16.5. The first-order chi connectivity index (χ1) is 16.9. The van der Waals surface area contributed by atoms with Gasteiger partial charge in [0.15, 0.2) is 5.82 Å². The van der Waals surface area contributed by atoms with Crippen molar-refractivity contribution in [2.75, 3.05) is 11.9 Å². The van der Waals surface area contributed by atoms with Gasteiger partial charge in [-0.3, -0.25) is 4.79 Å². The summed E-state index contributed by atoms with van der Waals surface area (Å²) in [7, 11) is 0. The number of halogens is 2. The highest BCUT2D eigenvalue weighted by molar-refractivity contribution is 5.97. The molecule has 2 aliphatic rings. The summed E-state index contributed by atoms with van der Waals surface area (Å²) in [6.45, 7) is 1.13. The van der Waals surface area contributed by atoms with Crippen molar-refractivity contribution in [1.29, 1.82) is 0 Å². The van der Waals surface area contributed by atoms with E-state index in [0.29, 0.717) is 23.2 Å². The molecule has 1 fully saturated rings. The fourth-order valence-corrected chi connectivity index (χ4v) is 4.20. The van der Waals surface area contributed by atoms with E-state index >= 15 is 0 Å². The second kappa shape index (κ2) is 7.97. The molecule has 1 aliphatic heterocycles. The number of nitrogens with zero attached hydrogens (tertiary/aromatic N) is 4. The SMILES string of the molecule is Cc1cnc(-c2ccc(-n3cnc(C4CC4)c3)cc2)nc1Nc1ccc2c(c1)C(F)(F)CNC2=O. The quantitative estimate of drug-likeness (QED) is 0.423. The zero-order valence-corrected chi connectivity index (χ0v) is 18.9. The van der Waals surface area contributed by atoms with Crippen LogP contribution in [0.2, 0.25) is 0 Å². The predicted octanol–water partition coefficient (Wildman–Crippen LogP) is 5.09. The molecule has 35 heavy (non-hydrogen) atoms. The second-order valence-electron chi connectivity index (χ2n) is 9.02. The summed E-state index contributed by atoms with van der Waals surface area (Å²) in [4.78, 5) is 25.5. The van der Waals surface area contributed by atoms with Gasteiger partial charge in [0.05, 0.1) is 18.6 Å². The van der Waals surface area contributed by atoms with Gasteiger partial charge < -0.3 is 15.2 Å². The number of aromatic nitrogens is 4. The Morgan fingerprint density at radius 2 is 1.91 bits per heavy atom. The zero-order chi connectivity index (χ0) is 24.2. The molecular weight excluding hydrogens is 450 g/mol. The smallest absolute Gasteiger partial charge is 0.291 e. The number of nitrogens with one attached hydrogen (secondary N) is 2. The van der Waals surface area contributed by atoms with Gasteiger partial charge in [-0.15, -0.1) is 0 Å². The average Bonchev–Trinajstić information content (AvgIpc) is 3.60. The summed E-state index contributed by atoms with van der Waals surface area (Å²) in [5.41, 5.74) is 3.83. The Morgan fingerprint density at radius 1 is 1.11 bits per heavy atom. The van der Waals surface area contributed by atoms with Crippen molar-refractivity contribution in [1.82, 2.24) is 24.8 Å². The summed E-state index contributed by atoms with van der Waals surface area (Å²) in [5.74, 6) is -2.02. The van der Waals surface area contributed by atoms with Gasteiger partial charge in [-0.2, -0.15) is 8.78 Å². The third-order valence-electron chi connectivity index (χ3n) is 6.39. The lowest BCUT2D eigenvalue weighted by Crippen LogP contribution is -2.41. The molecule has 2 aromatic carbocycles. The van der Waals surface area contributed by atoms with Crippen molar-refractivity contribution in [2.45, 2.75) is 31.6 Å². The first kappa shape index (κ1) is 21.4. The molecule has 0 unspecified atom stereocenters. The lowest BCUT2D eigenvalue weighted by atomic mass is 9.96. The Balaban J connectivity index is 1.26. The standard InChI is InChI=1S/C26H22F2N6O/c1-15-11-29-24(17-4-7-19(8-5-17)34-12-22(31-14-34)16-2-3-16)33-23(15)32-18-6-9-20-21(10-18)26(27,28)13-30-25(20)35/h4-12,14,16H,2-3,13H2,1H3,(H,30,35)(H,29,32,33). The fourth-order valence-electron chi connectivity index (χ4n) is 4.20.